The monoisotopic (exact) mass is 279 g/mol. The largest absolute Gasteiger partial charge is 0.496 e. The lowest BCUT2D eigenvalue weighted by atomic mass is 9.99. The van der Waals surface area contributed by atoms with Crippen molar-refractivity contribution >= 4 is 5.82 Å². The lowest BCUT2D eigenvalue weighted by Crippen LogP contribution is -1.91. The van der Waals surface area contributed by atoms with E-state index in [1.807, 2.05) is 36.4 Å². The van der Waals surface area contributed by atoms with Gasteiger partial charge in [-0.1, -0.05) is 42.0 Å². The van der Waals surface area contributed by atoms with Crippen LogP contribution in [0, 0.1) is 6.92 Å². The third-order valence-electron chi connectivity index (χ3n) is 3.48. The van der Waals surface area contributed by atoms with Gasteiger partial charge in [0, 0.05) is 5.56 Å². The number of nitrogens with one attached hydrogen (secondary N) is 1. The zero-order chi connectivity index (χ0) is 14.8. The first-order chi connectivity index (χ1) is 10.2. The van der Waals surface area contributed by atoms with E-state index in [1.54, 1.807) is 7.11 Å². The molecule has 3 aromatic rings. The third kappa shape index (κ3) is 2.36. The smallest absolute Gasteiger partial charge is 0.153 e. The van der Waals surface area contributed by atoms with Crippen molar-refractivity contribution in [2.24, 2.45) is 0 Å². The Morgan fingerprint density at radius 2 is 1.90 bits per heavy atom. The summed E-state index contributed by atoms with van der Waals surface area (Å²) >= 11 is 0. The summed E-state index contributed by atoms with van der Waals surface area (Å²) in [6.45, 7) is 2.06. The fourth-order valence-corrected chi connectivity index (χ4v) is 2.49. The number of ether oxygens (including phenoxy) is 1. The van der Waals surface area contributed by atoms with Crippen LogP contribution in [-0.4, -0.2) is 17.3 Å². The molecule has 21 heavy (non-hydrogen) atoms. The first kappa shape index (κ1) is 13.2. The van der Waals surface area contributed by atoms with Gasteiger partial charge in [0.1, 0.15) is 5.75 Å². The Morgan fingerprint density at radius 3 is 2.67 bits per heavy atom. The van der Waals surface area contributed by atoms with Crippen LogP contribution in [0.4, 0.5) is 5.82 Å². The number of aryl methyl sites for hydroxylation is 1. The predicted molar refractivity (Wildman–Crippen MR) is 85.2 cm³/mol. The summed E-state index contributed by atoms with van der Waals surface area (Å²) in [5, 5.41) is 7.20. The summed E-state index contributed by atoms with van der Waals surface area (Å²) in [5.74, 6) is 1.27. The van der Waals surface area contributed by atoms with Gasteiger partial charge in [0.15, 0.2) is 5.82 Å². The first-order valence-electron chi connectivity index (χ1n) is 6.75. The van der Waals surface area contributed by atoms with Crippen molar-refractivity contribution < 1.29 is 4.74 Å². The van der Waals surface area contributed by atoms with Crippen molar-refractivity contribution in [3.05, 3.63) is 54.1 Å². The summed E-state index contributed by atoms with van der Waals surface area (Å²) in [5.41, 5.74) is 11.0. The number of hydrogen-bond donors (Lipinski definition) is 2. The highest BCUT2D eigenvalue weighted by molar-refractivity contribution is 5.89. The van der Waals surface area contributed by atoms with Gasteiger partial charge in [0.25, 0.3) is 0 Å². The number of methoxy groups -OCH3 is 1. The van der Waals surface area contributed by atoms with Crippen LogP contribution < -0.4 is 10.5 Å². The number of H-pyrrole nitrogens is 1. The van der Waals surface area contributed by atoms with Gasteiger partial charge in [-0.25, -0.2) is 0 Å². The van der Waals surface area contributed by atoms with E-state index in [1.165, 1.54) is 5.56 Å². The van der Waals surface area contributed by atoms with Crippen LogP contribution in [0.5, 0.6) is 5.75 Å². The Bertz CT molecular complexity index is 777. The van der Waals surface area contributed by atoms with E-state index < -0.39 is 0 Å². The molecule has 1 heterocycles. The number of nitrogens with zero attached hydrogens (tertiary/aromatic N) is 1. The van der Waals surface area contributed by atoms with E-state index in [9.17, 15) is 0 Å². The fraction of sp³-hybridized carbons (Fsp3) is 0.118. The topological polar surface area (TPSA) is 63.9 Å². The Labute approximate surface area is 123 Å². The van der Waals surface area contributed by atoms with Gasteiger partial charge < -0.3 is 10.5 Å². The molecule has 3 rings (SSSR count). The van der Waals surface area contributed by atoms with Crippen LogP contribution in [0.15, 0.2) is 48.5 Å². The number of anilines is 1. The zero-order valence-corrected chi connectivity index (χ0v) is 12.1. The normalized spacial score (nSPS) is 10.6. The second kappa shape index (κ2) is 5.32. The molecule has 4 nitrogen and oxygen atoms in total. The Hall–Kier alpha value is -2.75. The summed E-state index contributed by atoms with van der Waals surface area (Å²) < 4.78 is 5.44. The Balaban J connectivity index is 2.22. The SMILES string of the molecule is COc1ccccc1-c1[nH]nc(N)c1-c1cccc(C)c1. The maximum absolute atomic E-state index is 6.07. The van der Waals surface area contributed by atoms with Crippen molar-refractivity contribution in [3.8, 4) is 28.1 Å². The van der Waals surface area contributed by atoms with Crippen molar-refractivity contribution in [3.63, 3.8) is 0 Å². The van der Waals surface area contributed by atoms with Gasteiger partial charge in [-0.3, -0.25) is 5.10 Å². The Kier molecular flexibility index (Phi) is 3.36. The number of hydrogen-bond acceptors (Lipinski definition) is 3. The zero-order valence-electron chi connectivity index (χ0n) is 12.1. The maximum atomic E-state index is 6.07. The molecule has 0 aliphatic carbocycles. The molecule has 4 heteroatoms. The highest BCUT2D eigenvalue weighted by Gasteiger charge is 2.17. The molecule has 0 spiro atoms. The number of aromatic nitrogens is 2. The molecule has 0 bridgehead atoms. The molecule has 106 valence electrons. The molecular weight excluding hydrogens is 262 g/mol. The molecule has 1 aromatic heterocycles. The van der Waals surface area contributed by atoms with Crippen LogP contribution in [0.25, 0.3) is 22.4 Å². The minimum Gasteiger partial charge on any atom is -0.496 e. The molecular formula is C17H17N3O. The minimum absolute atomic E-state index is 0.488. The first-order valence-corrected chi connectivity index (χ1v) is 6.75. The number of nitrogens with two attached hydrogens (primary N) is 1. The molecule has 0 amide bonds. The molecule has 0 aliphatic rings. The van der Waals surface area contributed by atoms with Crippen LogP contribution in [0.3, 0.4) is 0 Å². The average Bonchev–Trinajstić information content (AvgIpc) is 2.88. The van der Waals surface area contributed by atoms with Crippen molar-refractivity contribution in [1.29, 1.82) is 0 Å². The van der Waals surface area contributed by atoms with Crippen LogP contribution >= 0.6 is 0 Å². The molecule has 0 saturated heterocycles. The fourth-order valence-electron chi connectivity index (χ4n) is 2.49. The number of benzene rings is 2. The van der Waals surface area contributed by atoms with E-state index in [4.69, 9.17) is 10.5 Å². The van der Waals surface area contributed by atoms with Crippen LogP contribution in [0.2, 0.25) is 0 Å². The van der Waals surface area contributed by atoms with Gasteiger partial charge in [0.2, 0.25) is 0 Å². The molecule has 2 aromatic carbocycles. The van der Waals surface area contributed by atoms with E-state index in [0.29, 0.717) is 5.82 Å². The minimum atomic E-state index is 0.488. The predicted octanol–water partition coefficient (Wildman–Crippen LogP) is 3.64. The second-order valence-electron chi connectivity index (χ2n) is 4.93. The van der Waals surface area contributed by atoms with Gasteiger partial charge in [-0.15, -0.1) is 0 Å². The van der Waals surface area contributed by atoms with Crippen molar-refractivity contribution in [2.45, 2.75) is 6.92 Å². The molecule has 0 saturated carbocycles. The van der Waals surface area contributed by atoms with E-state index in [-0.39, 0.29) is 0 Å². The van der Waals surface area contributed by atoms with E-state index >= 15 is 0 Å². The lowest BCUT2D eigenvalue weighted by molar-refractivity contribution is 0.416. The summed E-state index contributed by atoms with van der Waals surface area (Å²) in [6, 6.07) is 16.0. The number of aromatic amines is 1. The van der Waals surface area contributed by atoms with Crippen LogP contribution in [-0.2, 0) is 0 Å². The third-order valence-corrected chi connectivity index (χ3v) is 3.48. The number of para-hydroxylation sites is 1. The van der Waals surface area contributed by atoms with Gasteiger partial charge >= 0.3 is 0 Å². The van der Waals surface area contributed by atoms with Gasteiger partial charge in [-0.05, 0) is 24.6 Å². The molecule has 0 fully saturated rings. The maximum Gasteiger partial charge on any atom is 0.153 e. The van der Waals surface area contributed by atoms with Crippen LogP contribution in [0.1, 0.15) is 5.56 Å². The molecule has 0 unspecified atom stereocenters. The Morgan fingerprint density at radius 1 is 1.10 bits per heavy atom. The standard InChI is InChI=1S/C17H17N3O/c1-11-6-5-7-12(10-11)15-16(19-20-17(15)18)13-8-3-4-9-14(13)21-2/h3-10H,1-2H3,(H3,18,19,20). The number of nitrogen functional groups attached to an aromatic ring is 1. The quantitative estimate of drug-likeness (QED) is 0.769. The average molecular weight is 279 g/mol. The second-order valence-corrected chi connectivity index (χ2v) is 4.93. The molecule has 3 N–H and O–H groups in total. The molecule has 0 aliphatic heterocycles. The van der Waals surface area contributed by atoms with Gasteiger partial charge in [-0.2, -0.15) is 5.10 Å². The van der Waals surface area contributed by atoms with E-state index in [2.05, 4.69) is 29.3 Å². The van der Waals surface area contributed by atoms with E-state index in [0.717, 1.165) is 28.1 Å². The molecule has 0 atom stereocenters. The summed E-state index contributed by atoms with van der Waals surface area (Å²) in [6.07, 6.45) is 0. The number of rotatable bonds is 3. The summed E-state index contributed by atoms with van der Waals surface area (Å²) in [4.78, 5) is 0. The van der Waals surface area contributed by atoms with Gasteiger partial charge in [0.05, 0.1) is 18.4 Å². The highest BCUT2D eigenvalue weighted by atomic mass is 16.5. The molecule has 0 radical (unpaired) electrons. The highest BCUT2D eigenvalue weighted by Crippen LogP contribution is 2.38. The lowest BCUT2D eigenvalue weighted by Gasteiger charge is -2.09. The summed E-state index contributed by atoms with van der Waals surface area (Å²) in [7, 11) is 1.66. The van der Waals surface area contributed by atoms with Crippen molar-refractivity contribution in [1.82, 2.24) is 10.2 Å². The van der Waals surface area contributed by atoms with Crippen molar-refractivity contribution in [2.75, 3.05) is 12.8 Å².